The fourth-order valence-electron chi connectivity index (χ4n) is 4.72. The fourth-order valence-corrected chi connectivity index (χ4v) is 4.72. The first-order valence-corrected chi connectivity index (χ1v) is 10.3. The number of carbonyl (C=O) groups is 1. The van der Waals surface area contributed by atoms with Gasteiger partial charge in [0.25, 0.3) is 11.5 Å². The number of aromatic nitrogens is 2. The number of nitrogens with one attached hydrogen (secondary N) is 2. The lowest BCUT2D eigenvalue weighted by Crippen LogP contribution is -2.50. The first-order chi connectivity index (χ1) is 13.6. The molecule has 0 radical (unpaired) electrons. The Bertz CT molecular complexity index is 1120. The average Bonchev–Trinajstić information content (AvgIpc) is 3.29. The lowest BCUT2D eigenvalue weighted by Gasteiger charge is -2.27. The maximum absolute atomic E-state index is 13.4. The Morgan fingerprint density at radius 1 is 1.21 bits per heavy atom. The number of aryl methyl sites for hydroxylation is 1. The van der Waals surface area contributed by atoms with Crippen molar-refractivity contribution in [2.24, 2.45) is 0 Å². The highest BCUT2D eigenvalue weighted by Gasteiger charge is 2.25. The van der Waals surface area contributed by atoms with Crippen LogP contribution in [0.3, 0.4) is 0 Å². The van der Waals surface area contributed by atoms with Gasteiger partial charge in [-0.05, 0) is 44.4 Å². The second kappa shape index (κ2) is 6.78. The number of rotatable bonds is 4. The van der Waals surface area contributed by atoms with Crippen molar-refractivity contribution in [1.29, 1.82) is 0 Å². The van der Waals surface area contributed by atoms with E-state index < -0.39 is 0 Å². The lowest BCUT2D eigenvalue weighted by molar-refractivity contribution is 0.0938. The molecule has 1 amide bonds. The normalized spacial score (nSPS) is 20.0. The van der Waals surface area contributed by atoms with Crippen molar-refractivity contribution < 1.29 is 4.79 Å². The minimum Gasteiger partial charge on any atom is -0.349 e. The Balaban J connectivity index is 1.71. The van der Waals surface area contributed by atoms with E-state index in [2.05, 4.69) is 10.6 Å². The summed E-state index contributed by atoms with van der Waals surface area (Å²) in [6, 6.07) is 8.48. The van der Waals surface area contributed by atoms with E-state index in [1.54, 1.807) is 6.20 Å². The Morgan fingerprint density at radius 2 is 1.96 bits per heavy atom. The summed E-state index contributed by atoms with van der Waals surface area (Å²) in [5.41, 5.74) is 3.05. The van der Waals surface area contributed by atoms with Gasteiger partial charge in [-0.15, -0.1) is 0 Å². The first-order valence-electron chi connectivity index (χ1n) is 10.3. The van der Waals surface area contributed by atoms with Gasteiger partial charge in [0.1, 0.15) is 11.2 Å². The molecule has 0 bridgehead atoms. The molecule has 0 spiro atoms. The number of hydrogen-bond donors (Lipinski definition) is 2. The standard InChI is InChI=1S/C22H26N4O2/c1-14-17-8-4-5-9-18(17)26-19(21(27)24-12-15-10-11-23-15)13-25(22(28)20(14)26)16-6-2-3-7-16/h4-5,8-9,13,15-16,23H,2-3,6-7,10-12H2,1H3,(H,24,27). The monoisotopic (exact) mass is 378 g/mol. The highest BCUT2D eigenvalue weighted by molar-refractivity contribution is 5.99. The van der Waals surface area contributed by atoms with Gasteiger partial charge < -0.3 is 15.2 Å². The summed E-state index contributed by atoms with van der Waals surface area (Å²) in [7, 11) is 0. The summed E-state index contributed by atoms with van der Waals surface area (Å²) in [5, 5.41) is 7.40. The number of nitrogens with zero attached hydrogens (tertiary/aromatic N) is 2. The Morgan fingerprint density at radius 3 is 2.68 bits per heavy atom. The van der Waals surface area contributed by atoms with Gasteiger partial charge in [-0.2, -0.15) is 0 Å². The molecule has 1 aromatic carbocycles. The van der Waals surface area contributed by atoms with E-state index in [1.807, 2.05) is 40.2 Å². The van der Waals surface area contributed by atoms with Crippen molar-refractivity contribution in [2.45, 2.75) is 51.1 Å². The molecule has 2 fully saturated rings. The van der Waals surface area contributed by atoms with E-state index in [0.717, 1.165) is 55.1 Å². The Kier molecular flexibility index (Phi) is 4.23. The molecule has 3 heterocycles. The molecule has 28 heavy (non-hydrogen) atoms. The molecule has 6 heteroatoms. The zero-order valence-electron chi connectivity index (χ0n) is 16.2. The van der Waals surface area contributed by atoms with Crippen LogP contribution in [0.5, 0.6) is 0 Å². The molecule has 5 rings (SSSR count). The summed E-state index contributed by atoms with van der Waals surface area (Å²) >= 11 is 0. The molecular formula is C22H26N4O2. The van der Waals surface area contributed by atoms with Crippen LogP contribution in [0.2, 0.25) is 0 Å². The van der Waals surface area contributed by atoms with Crippen LogP contribution in [0.1, 0.15) is 54.2 Å². The van der Waals surface area contributed by atoms with Crippen LogP contribution in [-0.2, 0) is 0 Å². The van der Waals surface area contributed by atoms with Crippen LogP contribution in [0, 0.1) is 6.92 Å². The molecule has 146 valence electrons. The van der Waals surface area contributed by atoms with Gasteiger partial charge in [-0.25, -0.2) is 0 Å². The molecular weight excluding hydrogens is 352 g/mol. The average molecular weight is 378 g/mol. The molecule has 3 aromatic rings. The summed E-state index contributed by atoms with van der Waals surface area (Å²) in [5.74, 6) is -0.119. The number of para-hydroxylation sites is 1. The maximum Gasteiger partial charge on any atom is 0.275 e. The van der Waals surface area contributed by atoms with E-state index in [-0.39, 0.29) is 17.5 Å². The van der Waals surface area contributed by atoms with Crippen molar-refractivity contribution in [3.8, 4) is 0 Å². The predicted molar refractivity (Wildman–Crippen MR) is 110 cm³/mol. The Hall–Kier alpha value is -2.60. The number of amides is 1. The van der Waals surface area contributed by atoms with Gasteiger partial charge in [0, 0.05) is 30.2 Å². The zero-order chi connectivity index (χ0) is 19.3. The molecule has 1 atom stereocenters. The third kappa shape index (κ3) is 2.66. The van der Waals surface area contributed by atoms with Crippen molar-refractivity contribution in [2.75, 3.05) is 13.1 Å². The van der Waals surface area contributed by atoms with Gasteiger partial charge in [0.05, 0.1) is 5.52 Å². The predicted octanol–water partition coefficient (Wildman–Crippen LogP) is 2.77. The SMILES string of the molecule is Cc1c2ccccc2n2c(C(=O)NCC3CCN3)cn(C3CCCC3)c(=O)c12. The zero-order valence-corrected chi connectivity index (χ0v) is 16.2. The van der Waals surface area contributed by atoms with E-state index in [0.29, 0.717) is 23.8 Å². The molecule has 1 saturated carbocycles. The van der Waals surface area contributed by atoms with Crippen LogP contribution >= 0.6 is 0 Å². The summed E-state index contributed by atoms with van der Waals surface area (Å²) < 4.78 is 3.69. The van der Waals surface area contributed by atoms with E-state index >= 15 is 0 Å². The van der Waals surface area contributed by atoms with Crippen LogP contribution in [-0.4, -0.2) is 34.0 Å². The van der Waals surface area contributed by atoms with Crippen molar-refractivity contribution in [3.05, 3.63) is 52.1 Å². The minimum absolute atomic E-state index is 0.0119. The number of hydrogen-bond acceptors (Lipinski definition) is 3. The maximum atomic E-state index is 13.4. The first kappa shape index (κ1) is 17.5. The van der Waals surface area contributed by atoms with E-state index in [4.69, 9.17) is 0 Å². The molecule has 1 saturated heterocycles. The topological polar surface area (TPSA) is 67.5 Å². The number of carbonyl (C=O) groups excluding carboxylic acids is 1. The minimum atomic E-state index is -0.119. The van der Waals surface area contributed by atoms with Gasteiger partial charge in [0.2, 0.25) is 0 Å². The van der Waals surface area contributed by atoms with E-state index in [1.165, 1.54) is 0 Å². The second-order valence-corrected chi connectivity index (χ2v) is 8.14. The third-order valence-electron chi connectivity index (χ3n) is 6.45. The summed E-state index contributed by atoms with van der Waals surface area (Å²) in [6.45, 7) is 3.61. The lowest BCUT2D eigenvalue weighted by atomic mass is 10.1. The number of fused-ring (bicyclic) bond motifs is 3. The summed E-state index contributed by atoms with van der Waals surface area (Å²) in [4.78, 5) is 26.6. The second-order valence-electron chi connectivity index (χ2n) is 8.14. The molecule has 2 N–H and O–H groups in total. The van der Waals surface area contributed by atoms with Crippen molar-refractivity contribution >= 4 is 22.3 Å². The van der Waals surface area contributed by atoms with Crippen molar-refractivity contribution in [3.63, 3.8) is 0 Å². The Labute approximate surface area is 163 Å². The van der Waals surface area contributed by atoms with Crippen molar-refractivity contribution in [1.82, 2.24) is 19.6 Å². The quantitative estimate of drug-likeness (QED) is 0.734. The molecule has 2 aromatic heterocycles. The third-order valence-corrected chi connectivity index (χ3v) is 6.45. The van der Waals surface area contributed by atoms with Crippen LogP contribution in [0.25, 0.3) is 16.4 Å². The van der Waals surface area contributed by atoms with Gasteiger partial charge in [-0.3, -0.25) is 14.0 Å². The van der Waals surface area contributed by atoms with Gasteiger partial charge in [-0.1, -0.05) is 31.0 Å². The molecule has 6 nitrogen and oxygen atoms in total. The van der Waals surface area contributed by atoms with Crippen LogP contribution in [0.15, 0.2) is 35.3 Å². The largest absolute Gasteiger partial charge is 0.349 e. The highest BCUT2D eigenvalue weighted by atomic mass is 16.2. The fraction of sp³-hybridized carbons (Fsp3) is 0.455. The van der Waals surface area contributed by atoms with Gasteiger partial charge >= 0.3 is 0 Å². The van der Waals surface area contributed by atoms with Gasteiger partial charge in [0.15, 0.2) is 0 Å². The van der Waals surface area contributed by atoms with E-state index in [9.17, 15) is 9.59 Å². The number of benzene rings is 1. The highest BCUT2D eigenvalue weighted by Crippen LogP contribution is 2.30. The molecule has 2 aliphatic rings. The molecule has 1 aliphatic heterocycles. The molecule has 1 aliphatic carbocycles. The summed E-state index contributed by atoms with van der Waals surface area (Å²) in [6.07, 6.45) is 7.16. The van der Waals surface area contributed by atoms with Crippen LogP contribution in [0.4, 0.5) is 0 Å². The van der Waals surface area contributed by atoms with Crippen LogP contribution < -0.4 is 16.2 Å². The smallest absolute Gasteiger partial charge is 0.275 e. The molecule has 1 unspecified atom stereocenters.